The van der Waals surface area contributed by atoms with E-state index < -0.39 is 11.6 Å². The van der Waals surface area contributed by atoms with Gasteiger partial charge in [-0.2, -0.15) is 0 Å². The van der Waals surface area contributed by atoms with E-state index in [1.807, 2.05) is 4.57 Å². The van der Waals surface area contributed by atoms with Gasteiger partial charge >= 0.3 is 0 Å². The van der Waals surface area contributed by atoms with Crippen molar-refractivity contribution in [2.75, 3.05) is 0 Å². The van der Waals surface area contributed by atoms with Gasteiger partial charge in [0.05, 0.1) is 5.52 Å². The van der Waals surface area contributed by atoms with Crippen LogP contribution in [0.25, 0.3) is 11.0 Å². The first-order valence-electron chi connectivity index (χ1n) is 5.60. The highest BCUT2D eigenvalue weighted by Gasteiger charge is 2.18. The van der Waals surface area contributed by atoms with Crippen LogP contribution in [0, 0.1) is 11.6 Å². The zero-order valence-corrected chi connectivity index (χ0v) is 8.84. The van der Waals surface area contributed by atoms with Gasteiger partial charge in [0.15, 0.2) is 11.6 Å². The minimum absolute atomic E-state index is 0.330. The average molecular weight is 222 g/mol. The Morgan fingerprint density at radius 3 is 2.88 bits per heavy atom. The molecule has 0 bridgehead atoms. The Morgan fingerprint density at radius 2 is 2.00 bits per heavy atom. The van der Waals surface area contributed by atoms with Crippen molar-refractivity contribution in [1.29, 1.82) is 0 Å². The molecular weight excluding hydrogens is 210 g/mol. The van der Waals surface area contributed by atoms with Crippen molar-refractivity contribution in [2.45, 2.75) is 32.2 Å². The van der Waals surface area contributed by atoms with Crippen molar-refractivity contribution in [3.63, 3.8) is 0 Å². The normalized spacial score (nSPS) is 16.1. The summed E-state index contributed by atoms with van der Waals surface area (Å²) in [7, 11) is 0. The summed E-state index contributed by atoms with van der Waals surface area (Å²) in [5.41, 5.74) is 0.896. The SMILES string of the molecule is Fc1ccc2nc3n(c2c1F)CCCCC3. The van der Waals surface area contributed by atoms with Crippen molar-refractivity contribution in [3.05, 3.63) is 29.6 Å². The summed E-state index contributed by atoms with van der Waals surface area (Å²) in [6, 6.07) is 2.69. The Balaban J connectivity index is 2.31. The fourth-order valence-corrected chi connectivity index (χ4v) is 2.37. The molecule has 0 aliphatic carbocycles. The summed E-state index contributed by atoms with van der Waals surface area (Å²) < 4.78 is 28.7. The van der Waals surface area contributed by atoms with Gasteiger partial charge in [-0.05, 0) is 25.0 Å². The molecule has 1 aromatic carbocycles. The summed E-state index contributed by atoms with van der Waals surface area (Å²) >= 11 is 0. The Kier molecular flexibility index (Phi) is 2.16. The number of benzene rings is 1. The zero-order valence-electron chi connectivity index (χ0n) is 8.84. The first-order chi connectivity index (χ1) is 7.77. The molecule has 4 heteroatoms. The lowest BCUT2D eigenvalue weighted by Crippen LogP contribution is -2.02. The fourth-order valence-electron chi connectivity index (χ4n) is 2.37. The molecule has 16 heavy (non-hydrogen) atoms. The standard InChI is InChI=1S/C12H12F2N2/c13-8-5-6-9-12(11(8)14)16-7-3-1-2-4-10(16)15-9/h5-6H,1-4,7H2. The maximum absolute atomic E-state index is 13.7. The summed E-state index contributed by atoms with van der Waals surface area (Å²) in [6.07, 6.45) is 4.07. The second-order valence-electron chi connectivity index (χ2n) is 4.22. The van der Waals surface area contributed by atoms with Crippen molar-refractivity contribution in [3.8, 4) is 0 Å². The van der Waals surface area contributed by atoms with E-state index >= 15 is 0 Å². The number of aromatic nitrogens is 2. The van der Waals surface area contributed by atoms with E-state index in [1.165, 1.54) is 0 Å². The monoisotopic (exact) mass is 222 g/mol. The number of hydrogen-bond donors (Lipinski definition) is 0. The molecule has 0 saturated heterocycles. The number of nitrogens with zero attached hydrogens (tertiary/aromatic N) is 2. The smallest absolute Gasteiger partial charge is 0.184 e. The molecule has 3 rings (SSSR count). The molecule has 0 unspecified atom stereocenters. The second kappa shape index (κ2) is 3.54. The lowest BCUT2D eigenvalue weighted by molar-refractivity contribution is 0.510. The van der Waals surface area contributed by atoms with E-state index in [4.69, 9.17) is 0 Å². The molecule has 1 aliphatic rings. The number of imidazole rings is 1. The van der Waals surface area contributed by atoms with Crippen LogP contribution >= 0.6 is 0 Å². The minimum Gasteiger partial charge on any atom is -0.325 e. The van der Waals surface area contributed by atoms with Crippen LogP contribution in [0.15, 0.2) is 12.1 Å². The Bertz CT molecular complexity index is 545. The molecule has 2 aromatic rings. The molecule has 2 nitrogen and oxygen atoms in total. The first kappa shape index (κ1) is 9.75. The van der Waals surface area contributed by atoms with E-state index in [9.17, 15) is 8.78 Å². The topological polar surface area (TPSA) is 17.8 Å². The molecule has 84 valence electrons. The molecule has 0 fully saturated rings. The van der Waals surface area contributed by atoms with E-state index in [2.05, 4.69) is 4.98 Å². The van der Waals surface area contributed by atoms with Gasteiger partial charge in [-0.15, -0.1) is 0 Å². The van der Waals surface area contributed by atoms with Gasteiger partial charge in [0.2, 0.25) is 0 Å². The molecule has 1 aromatic heterocycles. The number of hydrogen-bond acceptors (Lipinski definition) is 1. The average Bonchev–Trinajstić information content (AvgIpc) is 2.47. The molecule has 0 N–H and O–H groups in total. The van der Waals surface area contributed by atoms with E-state index in [1.54, 1.807) is 6.07 Å². The van der Waals surface area contributed by atoms with E-state index in [0.29, 0.717) is 11.0 Å². The zero-order chi connectivity index (χ0) is 11.1. The maximum Gasteiger partial charge on any atom is 0.184 e. The van der Waals surface area contributed by atoms with Crippen LogP contribution in [0.1, 0.15) is 25.1 Å². The van der Waals surface area contributed by atoms with Crippen molar-refractivity contribution in [2.24, 2.45) is 0 Å². The summed E-state index contributed by atoms with van der Waals surface area (Å²) in [6.45, 7) is 0.742. The number of fused-ring (bicyclic) bond motifs is 3. The van der Waals surface area contributed by atoms with Gasteiger partial charge in [0.1, 0.15) is 11.3 Å². The van der Waals surface area contributed by atoms with Gasteiger partial charge < -0.3 is 4.57 Å². The predicted octanol–water partition coefficient (Wildman–Crippen LogP) is 3.04. The van der Waals surface area contributed by atoms with Crippen LogP contribution in [0.4, 0.5) is 8.78 Å². The van der Waals surface area contributed by atoms with Crippen molar-refractivity contribution < 1.29 is 8.78 Å². The Morgan fingerprint density at radius 1 is 1.12 bits per heavy atom. The van der Waals surface area contributed by atoms with Gasteiger partial charge in [0, 0.05) is 13.0 Å². The van der Waals surface area contributed by atoms with Crippen LogP contribution in [-0.4, -0.2) is 9.55 Å². The van der Waals surface area contributed by atoms with Crippen molar-refractivity contribution in [1.82, 2.24) is 9.55 Å². The predicted molar refractivity (Wildman–Crippen MR) is 57.2 cm³/mol. The van der Waals surface area contributed by atoms with Gasteiger partial charge in [-0.25, -0.2) is 13.8 Å². The van der Waals surface area contributed by atoms with Crippen molar-refractivity contribution >= 4 is 11.0 Å². The molecule has 0 spiro atoms. The van der Waals surface area contributed by atoms with E-state index in [0.717, 1.165) is 44.1 Å². The van der Waals surface area contributed by atoms with E-state index in [-0.39, 0.29) is 0 Å². The number of aryl methyl sites for hydroxylation is 2. The Labute approximate surface area is 91.9 Å². The first-order valence-corrected chi connectivity index (χ1v) is 5.60. The molecule has 1 aliphatic heterocycles. The molecule has 0 saturated carbocycles. The summed E-state index contributed by atoms with van der Waals surface area (Å²) in [5.74, 6) is -0.672. The third-order valence-electron chi connectivity index (χ3n) is 3.16. The van der Waals surface area contributed by atoms with Gasteiger partial charge in [-0.1, -0.05) is 6.42 Å². The number of rotatable bonds is 0. The number of halogens is 2. The van der Waals surface area contributed by atoms with Crippen LogP contribution in [-0.2, 0) is 13.0 Å². The lowest BCUT2D eigenvalue weighted by Gasteiger charge is -2.04. The Hall–Kier alpha value is -1.45. The largest absolute Gasteiger partial charge is 0.325 e. The van der Waals surface area contributed by atoms with Gasteiger partial charge in [0.25, 0.3) is 0 Å². The molecule has 0 amide bonds. The van der Waals surface area contributed by atoms with Crippen LogP contribution in [0.2, 0.25) is 0 Å². The third kappa shape index (κ3) is 1.32. The summed E-state index contributed by atoms with van der Waals surface area (Å²) in [5, 5.41) is 0. The lowest BCUT2D eigenvalue weighted by atomic mass is 10.2. The quantitative estimate of drug-likeness (QED) is 0.670. The van der Waals surface area contributed by atoms with Crippen LogP contribution in [0.5, 0.6) is 0 Å². The highest BCUT2D eigenvalue weighted by molar-refractivity contribution is 5.77. The summed E-state index contributed by atoms with van der Waals surface area (Å²) in [4.78, 5) is 4.37. The molecule has 0 atom stereocenters. The highest BCUT2D eigenvalue weighted by atomic mass is 19.2. The fraction of sp³-hybridized carbons (Fsp3) is 0.417. The minimum atomic E-state index is -0.792. The molecule has 2 heterocycles. The van der Waals surface area contributed by atoms with Gasteiger partial charge in [-0.3, -0.25) is 0 Å². The molecule has 0 radical (unpaired) electrons. The highest BCUT2D eigenvalue weighted by Crippen LogP contribution is 2.25. The van der Waals surface area contributed by atoms with Crippen LogP contribution in [0.3, 0.4) is 0 Å². The van der Waals surface area contributed by atoms with Crippen LogP contribution < -0.4 is 0 Å². The molecular formula is C12H12F2N2. The third-order valence-corrected chi connectivity index (χ3v) is 3.16. The maximum atomic E-state index is 13.7. The second-order valence-corrected chi connectivity index (χ2v) is 4.22.